The number of halogens is 3. The molecule has 0 spiro atoms. The highest BCUT2D eigenvalue weighted by Gasteiger charge is 2.32. The van der Waals surface area contributed by atoms with Gasteiger partial charge in [0.25, 0.3) is 11.8 Å². The number of carbonyl (C=O) groups excluding carboxylic acids is 2. The maximum absolute atomic E-state index is 13.1. The number of rotatable bonds is 4. The Morgan fingerprint density at radius 3 is 2.37 bits per heavy atom. The van der Waals surface area contributed by atoms with Crippen LogP contribution in [0, 0.1) is 0 Å². The second kappa shape index (κ2) is 10.2. The largest absolute Gasteiger partial charge is 0.573 e. The molecule has 2 aliphatic rings. The molecule has 0 saturated carbocycles. The van der Waals surface area contributed by atoms with E-state index in [1.54, 1.807) is 11.1 Å². The first-order valence-corrected chi connectivity index (χ1v) is 12.5. The van der Waals surface area contributed by atoms with Crippen LogP contribution in [-0.2, 0) is 0 Å². The maximum Gasteiger partial charge on any atom is 0.573 e. The minimum Gasteiger partial charge on any atom is -0.406 e. The van der Waals surface area contributed by atoms with Crippen molar-refractivity contribution in [2.24, 2.45) is 0 Å². The number of H-pyrrole nitrogens is 1. The van der Waals surface area contributed by atoms with Crippen LogP contribution in [0.4, 0.5) is 18.9 Å². The number of piperazine rings is 1. The molecule has 0 unspecified atom stereocenters. The summed E-state index contributed by atoms with van der Waals surface area (Å²) >= 11 is 0. The number of benzene rings is 1. The molecule has 2 aliphatic heterocycles. The molecule has 202 valence electrons. The average molecular weight is 531 g/mol. The number of hydrogen-bond donors (Lipinski definition) is 2. The van der Waals surface area contributed by atoms with Crippen LogP contribution in [0.2, 0.25) is 0 Å². The Labute approximate surface area is 217 Å². The standard InChI is InChI=1S/C26H29F3N6O3/c1-33-8-10-35(11-9-33)24(36)17-12-20-21(15-32-23(20)31-14-17)16-4-6-34(7-5-16)25(37)19-3-2-18(13-22(19)30)38-26(27,28)29/h2-3,12-16H,4-11,30H2,1H3,(H,31,32). The van der Waals surface area contributed by atoms with Gasteiger partial charge in [0.2, 0.25) is 0 Å². The SMILES string of the molecule is CN1CCN(C(=O)c2cnc3[nH]cc(C4CCN(C(=O)c5ccc(OC(F)(F)F)cc5N)CC4)c3c2)CC1. The van der Waals surface area contributed by atoms with Crippen molar-refractivity contribution in [3.05, 3.63) is 53.3 Å². The van der Waals surface area contributed by atoms with Crippen molar-refractivity contribution < 1.29 is 27.5 Å². The van der Waals surface area contributed by atoms with Crippen LogP contribution in [0.15, 0.2) is 36.7 Å². The van der Waals surface area contributed by atoms with E-state index in [9.17, 15) is 22.8 Å². The summed E-state index contributed by atoms with van der Waals surface area (Å²) < 4.78 is 41.3. The highest BCUT2D eigenvalue weighted by Crippen LogP contribution is 2.34. The second-order valence-electron chi connectivity index (χ2n) is 9.82. The van der Waals surface area contributed by atoms with Crippen LogP contribution < -0.4 is 10.5 Å². The number of amides is 2. The van der Waals surface area contributed by atoms with Gasteiger partial charge in [-0.1, -0.05) is 0 Å². The van der Waals surface area contributed by atoms with Gasteiger partial charge in [-0.15, -0.1) is 13.2 Å². The molecule has 3 N–H and O–H groups in total. The lowest BCUT2D eigenvalue weighted by atomic mass is 9.89. The Morgan fingerprint density at radius 1 is 1.03 bits per heavy atom. The van der Waals surface area contributed by atoms with Gasteiger partial charge in [-0.25, -0.2) is 4.98 Å². The highest BCUT2D eigenvalue weighted by molar-refractivity contribution is 5.99. The number of likely N-dealkylation sites (tertiary alicyclic amines) is 1. The summed E-state index contributed by atoms with van der Waals surface area (Å²) in [6.45, 7) is 3.97. The predicted octanol–water partition coefficient (Wildman–Crippen LogP) is 3.45. The monoisotopic (exact) mass is 530 g/mol. The van der Waals surface area contributed by atoms with Crippen LogP contribution in [0.1, 0.15) is 45.0 Å². The van der Waals surface area contributed by atoms with Gasteiger partial charge in [-0.05, 0) is 49.6 Å². The number of likely N-dealkylation sites (N-methyl/N-ethyl adjacent to an activating group) is 1. The predicted molar refractivity (Wildman–Crippen MR) is 135 cm³/mol. The van der Waals surface area contributed by atoms with E-state index < -0.39 is 12.1 Å². The molecule has 1 aromatic carbocycles. The van der Waals surface area contributed by atoms with Crippen molar-refractivity contribution in [3.8, 4) is 5.75 Å². The maximum atomic E-state index is 13.1. The smallest absolute Gasteiger partial charge is 0.406 e. The molecule has 3 aromatic rings. The molecule has 9 nitrogen and oxygen atoms in total. The molecule has 0 atom stereocenters. The Bertz CT molecular complexity index is 1340. The molecule has 5 rings (SSSR count). The van der Waals surface area contributed by atoms with E-state index in [-0.39, 0.29) is 29.0 Å². The van der Waals surface area contributed by atoms with Gasteiger partial charge >= 0.3 is 6.36 Å². The summed E-state index contributed by atoms with van der Waals surface area (Å²) in [5.74, 6) is -0.670. The summed E-state index contributed by atoms with van der Waals surface area (Å²) in [4.78, 5) is 39.5. The number of carbonyl (C=O) groups is 2. The number of nitrogen functional groups attached to an aromatic ring is 1. The third-order valence-corrected chi connectivity index (χ3v) is 7.31. The van der Waals surface area contributed by atoms with Crippen molar-refractivity contribution in [1.82, 2.24) is 24.7 Å². The molecular weight excluding hydrogens is 501 g/mol. The highest BCUT2D eigenvalue weighted by atomic mass is 19.4. The summed E-state index contributed by atoms with van der Waals surface area (Å²) in [5, 5.41) is 0.902. The van der Waals surface area contributed by atoms with Gasteiger partial charge < -0.3 is 30.2 Å². The van der Waals surface area contributed by atoms with E-state index in [2.05, 4.69) is 19.6 Å². The number of fused-ring (bicyclic) bond motifs is 1. The van der Waals surface area contributed by atoms with Crippen molar-refractivity contribution in [3.63, 3.8) is 0 Å². The zero-order valence-electron chi connectivity index (χ0n) is 20.9. The number of nitrogens with zero attached hydrogens (tertiary/aromatic N) is 4. The molecule has 2 fully saturated rings. The number of pyridine rings is 1. The first-order valence-electron chi connectivity index (χ1n) is 12.5. The number of hydrogen-bond acceptors (Lipinski definition) is 6. The summed E-state index contributed by atoms with van der Waals surface area (Å²) in [6, 6.07) is 5.25. The van der Waals surface area contributed by atoms with E-state index >= 15 is 0 Å². The number of piperidine rings is 1. The van der Waals surface area contributed by atoms with Crippen LogP contribution in [-0.4, -0.2) is 89.2 Å². The number of aromatic amines is 1. The molecule has 0 radical (unpaired) electrons. The zero-order chi connectivity index (χ0) is 27.0. The Kier molecular flexibility index (Phi) is 6.91. The van der Waals surface area contributed by atoms with Crippen molar-refractivity contribution >= 4 is 28.5 Å². The number of ether oxygens (including phenoxy) is 1. The molecule has 2 saturated heterocycles. The fourth-order valence-corrected chi connectivity index (χ4v) is 5.17. The molecule has 38 heavy (non-hydrogen) atoms. The van der Waals surface area contributed by atoms with Gasteiger partial charge in [0.05, 0.1) is 11.1 Å². The number of anilines is 1. The lowest BCUT2D eigenvalue weighted by molar-refractivity contribution is -0.274. The fraction of sp³-hybridized carbons (Fsp3) is 0.423. The third kappa shape index (κ3) is 5.40. The van der Waals surface area contributed by atoms with Gasteiger partial charge in [0, 0.05) is 68.8 Å². The van der Waals surface area contributed by atoms with Crippen LogP contribution in [0.5, 0.6) is 5.75 Å². The number of nitrogens with one attached hydrogen (secondary N) is 1. The number of aromatic nitrogens is 2. The first-order chi connectivity index (χ1) is 18.1. The van der Waals surface area contributed by atoms with E-state index in [4.69, 9.17) is 5.73 Å². The van der Waals surface area contributed by atoms with Crippen LogP contribution in [0.25, 0.3) is 11.0 Å². The summed E-state index contributed by atoms with van der Waals surface area (Å²) in [7, 11) is 2.04. The molecule has 0 aliphatic carbocycles. The van der Waals surface area contributed by atoms with Crippen molar-refractivity contribution in [2.45, 2.75) is 25.1 Å². The van der Waals surface area contributed by atoms with Crippen LogP contribution >= 0.6 is 0 Å². The van der Waals surface area contributed by atoms with Gasteiger partial charge in [-0.2, -0.15) is 0 Å². The van der Waals surface area contributed by atoms with Crippen LogP contribution in [0.3, 0.4) is 0 Å². The summed E-state index contributed by atoms with van der Waals surface area (Å²) in [6.07, 6.45) is 0.0622. The summed E-state index contributed by atoms with van der Waals surface area (Å²) in [5.41, 5.74) is 8.27. The molecule has 0 bridgehead atoms. The van der Waals surface area contributed by atoms with Gasteiger partial charge in [0.15, 0.2) is 0 Å². The van der Waals surface area contributed by atoms with E-state index in [1.807, 2.05) is 24.2 Å². The van der Waals surface area contributed by atoms with Crippen molar-refractivity contribution in [2.75, 3.05) is 52.0 Å². The quantitative estimate of drug-likeness (QED) is 0.501. The third-order valence-electron chi connectivity index (χ3n) is 7.31. The topological polar surface area (TPSA) is 108 Å². The van der Waals surface area contributed by atoms with Crippen molar-refractivity contribution in [1.29, 1.82) is 0 Å². The molecule has 2 aromatic heterocycles. The van der Waals surface area contributed by atoms with E-state index in [0.29, 0.717) is 50.2 Å². The Hall–Kier alpha value is -3.80. The molecule has 2 amide bonds. The number of nitrogens with two attached hydrogens (primary N) is 1. The molecule has 12 heteroatoms. The normalized spacial score (nSPS) is 17.7. The first kappa shape index (κ1) is 25.8. The van der Waals surface area contributed by atoms with Gasteiger partial charge in [0.1, 0.15) is 11.4 Å². The van der Waals surface area contributed by atoms with E-state index in [1.165, 1.54) is 6.07 Å². The zero-order valence-corrected chi connectivity index (χ0v) is 20.9. The molecular formula is C26H29F3N6O3. The minimum atomic E-state index is -4.84. The Balaban J connectivity index is 1.26. The Morgan fingerprint density at radius 2 is 1.71 bits per heavy atom. The lowest BCUT2D eigenvalue weighted by Crippen LogP contribution is -2.47. The molecule has 4 heterocycles. The second-order valence-corrected chi connectivity index (χ2v) is 9.82. The van der Waals surface area contributed by atoms with Gasteiger partial charge in [-0.3, -0.25) is 9.59 Å². The fourth-order valence-electron chi connectivity index (χ4n) is 5.17. The minimum absolute atomic E-state index is 0.0238. The average Bonchev–Trinajstić information content (AvgIpc) is 3.31. The number of alkyl halides is 3. The lowest BCUT2D eigenvalue weighted by Gasteiger charge is -2.33. The van der Waals surface area contributed by atoms with E-state index in [0.717, 1.165) is 36.2 Å².